The van der Waals surface area contributed by atoms with E-state index in [4.69, 9.17) is 0 Å². The van der Waals surface area contributed by atoms with Gasteiger partial charge in [0.05, 0.1) is 0 Å². The number of ketones is 1. The average Bonchev–Trinajstić information content (AvgIpc) is 2.40. The Kier molecular flexibility index (Phi) is 3.75. The second kappa shape index (κ2) is 5.53. The van der Waals surface area contributed by atoms with Gasteiger partial charge in [0, 0.05) is 15.6 Å². The van der Waals surface area contributed by atoms with Crippen LogP contribution in [0.4, 0.5) is 0 Å². The summed E-state index contributed by atoms with van der Waals surface area (Å²) in [5, 5.41) is 0. The summed E-state index contributed by atoms with van der Waals surface area (Å²) in [6, 6.07) is 14.0. The Balaban J connectivity index is 1.88. The number of rotatable bonds is 3. The van der Waals surface area contributed by atoms with Crippen molar-refractivity contribution in [1.82, 2.24) is 0 Å². The average molecular weight is 329 g/mol. The summed E-state index contributed by atoms with van der Waals surface area (Å²) in [7, 11) is 0. The third-order valence-electron chi connectivity index (χ3n) is 4.19. The van der Waals surface area contributed by atoms with Crippen LogP contribution in [0.3, 0.4) is 0 Å². The zero-order valence-corrected chi connectivity index (χ0v) is 13.1. The first kappa shape index (κ1) is 13.6. The minimum absolute atomic E-state index is 0.101. The second-order valence-corrected chi connectivity index (χ2v) is 6.45. The molecule has 0 saturated heterocycles. The molecule has 0 bridgehead atoms. The maximum absolute atomic E-state index is 12.6. The van der Waals surface area contributed by atoms with E-state index in [1.54, 1.807) is 0 Å². The molecule has 0 amide bonds. The molecular weight excluding hydrogens is 312 g/mol. The Bertz CT molecular complexity index is 639. The van der Waals surface area contributed by atoms with Gasteiger partial charge < -0.3 is 0 Å². The number of carbonyl (C=O) groups is 1. The molecule has 1 saturated carbocycles. The Morgan fingerprint density at radius 2 is 1.80 bits per heavy atom. The van der Waals surface area contributed by atoms with E-state index >= 15 is 0 Å². The first-order valence-electron chi connectivity index (χ1n) is 7.06. The quantitative estimate of drug-likeness (QED) is 0.702. The van der Waals surface area contributed by atoms with E-state index in [0.29, 0.717) is 5.92 Å². The van der Waals surface area contributed by atoms with Crippen molar-refractivity contribution in [3.8, 4) is 0 Å². The van der Waals surface area contributed by atoms with Crippen LogP contribution in [0.2, 0.25) is 0 Å². The van der Waals surface area contributed by atoms with Crippen molar-refractivity contribution in [2.24, 2.45) is 0 Å². The smallest absolute Gasteiger partial charge is 0.193 e. The molecule has 0 heterocycles. The first-order chi connectivity index (χ1) is 9.65. The van der Waals surface area contributed by atoms with Crippen LogP contribution >= 0.6 is 15.9 Å². The molecule has 0 unspecified atom stereocenters. The fourth-order valence-electron chi connectivity index (χ4n) is 2.64. The SMILES string of the molecule is Cc1ccc(Br)cc1C(=O)c1ccc(C2CCC2)cc1. The molecular formula is C18H17BrO. The van der Waals surface area contributed by atoms with Gasteiger partial charge in [0.1, 0.15) is 0 Å². The Labute approximate surface area is 128 Å². The third-order valence-corrected chi connectivity index (χ3v) is 4.69. The molecule has 0 spiro atoms. The van der Waals surface area contributed by atoms with Gasteiger partial charge in [-0.3, -0.25) is 4.79 Å². The number of hydrogen-bond acceptors (Lipinski definition) is 1. The number of benzene rings is 2. The predicted octanol–water partition coefficient (Wildman–Crippen LogP) is 5.26. The highest BCUT2D eigenvalue weighted by Gasteiger charge is 2.20. The molecule has 2 aromatic rings. The lowest BCUT2D eigenvalue weighted by Crippen LogP contribution is -2.09. The molecule has 0 N–H and O–H groups in total. The summed E-state index contributed by atoms with van der Waals surface area (Å²) in [4.78, 5) is 12.6. The monoisotopic (exact) mass is 328 g/mol. The van der Waals surface area contributed by atoms with Crippen molar-refractivity contribution < 1.29 is 4.79 Å². The fourth-order valence-corrected chi connectivity index (χ4v) is 3.00. The van der Waals surface area contributed by atoms with E-state index < -0.39 is 0 Å². The zero-order chi connectivity index (χ0) is 14.1. The van der Waals surface area contributed by atoms with Crippen molar-refractivity contribution in [3.05, 3.63) is 69.2 Å². The summed E-state index contributed by atoms with van der Waals surface area (Å²) < 4.78 is 0.942. The van der Waals surface area contributed by atoms with Crippen molar-refractivity contribution in [2.75, 3.05) is 0 Å². The van der Waals surface area contributed by atoms with E-state index in [0.717, 1.165) is 21.2 Å². The minimum atomic E-state index is 0.101. The van der Waals surface area contributed by atoms with Crippen LogP contribution in [0.5, 0.6) is 0 Å². The lowest BCUT2D eigenvalue weighted by molar-refractivity contribution is 0.103. The standard InChI is InChI=1S/C18H17BrO/c1-12-5-10-16(19)11-17(12)18(20)15-8-6-14(7-9-15)13-3-2-4-13/h5-11,13H,2-4H2,1H3. The van der Waals surface area contributed by atoms with Gasteiger partial charge in [0.2, 0.25) is 0 Å². The third kappa shape index (κ3) is 2.57. The minimum Gasteiger partial charge on any atom is -0.289 e. The molecule has 102 valence electrons. The first-order valence-corrected chi connectivity index (χ1v) is 7.85. The van der Waals surface area contributed by atoms with Crippen LogP contribution in [0.1, 0.15) is 52.2 Å². The van der Waals surface area contributed by atoms with Crippen molar-refractivity contribution in [1.29, 1.82) is 0 Å². The van der Waals surface area contributed by atoms with Gasteiger partial charge in [-0.2, -0.15) is 0 Å². The normalized spacial score (nSPS) is 14.9. The molecule has 1 aliphatic carbocycles. The Morgan fingerprint density at radius 3 is 2.40 bits per heavy atom. The van der Waals surface area contributed by atoms with Crippen LogP contribution < -0.4 is 0 Å². The molecule has 2 aromatic carbocycles. The topological polar surface area (TPSA) is 17.1 Å². The van der Waals surface area contributed by atoms with Gasteiger partial charge in [-0.15, -0.1) is 0 Å². The van der Waals surface area contributed by atoms with Crippen LogP contribution in [-0.4, -0.2) is 5.78 Å². The van der Waals surface area contributed by atoms with Gasteiger partial charge in [-0.1, -0.05) is 52.7 Å². The molecule has 0 radical (unpaired) electrons. The van der Waals surface area contributed by atoms with Crippen LogP contribution in [0.15, 0.2) is 46.9 Å². The molecule has 0 atom stereocenters. The van der Waals surface area contributed by atoms with Crippen LogP contribution in [0.25, 0.3) is 0 Å². The van der Waals surface area contributed by atoms with E-state index in [1.165, 1.54) is 24.8 Å². The van der Waals surface area contributed by atoms with E-state index in [2.05, 4.69) is 28.1 Å². The second-order valence-electron chi connectivity index (χ2n) is 5.54. The maximum atomic E-state index is 12.6. The zero-order valence-electron chi connectivity index (χ0n) is 11.5. The summed E-state index contributed by atoms with van der Waals surface area (Å²) in [6.45, 7) is 1.97. The van der Waals surface area contributed by atoms with Gasteiger partial charge >= 0.3 is 0 Å². The Morgan fingerprint density at radius 1 is 1.10 bits per heavy atom. The number of carbonyl (C=O) groups excluding carboxylic acids is 1. The lowest BCUT2D eigenvalue weighted by atomic mass is 9.80. The molecule has 0 aliphatic heterocycles. The maximum Gasteiger partial charge on any atom is 0.193 e. The molecule has 1 aliphatic rings. The number of hydrogen-bond donors (Lipinski definition) is 0. The summed E-state index contributed by atoms with van der Waals surface area (Å²) in [6.07, 6.45) is 3.92. The predicted molar refractivity (Wildman–Crippen MR) is 85.3 cm³/mol. The van der Waals surface area contributed by atoms with E-state index in [9.17, 15) is 4.79 Å². The molecule has 2 heteroatoms. The Hall–Kier alpha value is -1.41. The van der Waals surface area contributed by atoms with Gasteiger partial charge in [-0.05, 0) is 48.9 Å². The molecule has 1 fully saturated rings. The number of halogens is 1. The van der Waals surface area contributed by atoms with Crippen LogP contribution in [-0.2, 0) is 0 Å². The van der Waals surface area contributed by atoms with E-state index in [1.807, 2.05) is 37.3 Å². The van der Waals surface area contributed by atoms with E-state index in [-0.39, 0.29) is 5.78 Å². The summed E-state index contributed by atoms with van der Waals surface area (Å²) in [5.41, 5.74) is 3.94. The molecule has 20 heavy (non-hydrogen) atoms. The van der Waals surface area contributed by atoms with Gasteiger partial charge in [0.25, 0.3) is 0 Å². The molecule has 0 aromatic heterocycles. The lowest BCUT2D eigenvalue weighted by Gasteiger charge is -2.25. The number of aryl methyl sites for hydroxylation is 1. The van der Waals surface area contributed by atoms with Crippen LogP contribution in [0, 0.1) is 6.92 Å². The summed E-state index contributed by atoms with van der Waals surface area (Å²) in [5.74, 6) is 0.815. The van der Waals surface area contributed by atoms with Gasteiger partial charge in [-0.25, -0.2) is 0 Å². The van der Waals surface area contributed by atoms with Crippen molar-refractivity contribution in [3.63, 3.8) is 0 Å². The highest BCUT2D eigenvalue weighted by Crippen LogP contribution is 2.36. The highest BCUT2D eigenvalue weighted by atomic mass is 79.9. The fraction of sp³-hybridized carbons (Fsp3) is 0.278. The molecule has 1 nitrogen and oxygen atoms in total. The van der Waals surface area contributed by atoms with Crippen molar-refractivity contribution in [2.45, 2.75) is 32.1 Å². The summed E-state index contributed by atoms with van der Waals surface area (Å²) >= 11 is 3.43. The largest absolute Gasteiger partial charge is 0.289 e. The highest BCUT2D eigenvalue weighted by molar-refractivity contribution is 9.10. The van der Waals surface area contributed by atoms with Crippen molar-refractivity contribution >= 4 is 21.7 Å². The van der Waals surface area contributed by atoms with Gasteiger partial charge in [0.15, 0.2) is 5.78 Å². The molecule has 3 rings (SSSR count).